The van der Waals surface area contributed by atoms with Gasteiger partial charge in [0.15, 0.2) is 11.6 Å². The highest BCUT2D eigenvalue weighted by molar-refractivity contribution is 7.49. The fourth-order valence-corrected chi connectivity index (χ4v) is 3.12. The van der Waals surface area contributed by atoms with Crippen molar-refractivity contribution in [2.24, 2.45) is 5.92 Å². The van der Waals surface area contributed by atoms with E-state index in [-0.39, 0.29) is 18.6 Å². The molecule has 1 aromatic carbocycles. The van der Waals surface area contributed by atoms with E-state index in [2.05, 4.69) is 0 Å². The summed E-state index contributed by atoms with van der Waals surface area (Å²) in [5.41, 5.74) is 0.0711. The van der Waals surface area contributed by atoms with Gasteiger partial charge in [-0.1, -0.05) is 12.1 Å². The SMILES string of the molecule is O=C1C=C(O)C=C(NP(=O)(O)O)C1C(O)(O)CCc1cccc(O)c1. The molecule has 0 saturated carbocycles. The second-order valence-electron chi connectivity index (χ2n) is 5.71. The first-order chi connectivity index (χ1) is 11.5. The van der Waals surface area contributed by atoms with Crippen LogP contribution in [0.1, 0.15) is 12.0 Å². The molecule has 0 fully saturated rings. The van der Waals surface area contributed by atoms with E-state index in [1.54, 1.807) is 17.2 Å². The normalized spacial score (nSPS) is 18.6. The van der Waals surface area contributed by atoms with Crippen molar-refractivity contribution in [3.05, 3.63) is 53.4 Å². The van der Waals surface area contributed by atoms with Gasteiger partial charge in [-0.25, -0.2) is 4.57 Å². The van der Waals surface area contributed by atoms with Crippen molar-refractivity contribution < 1.29 is 39.6 Å². The molecule has 1 aliphatic rings. The molecule has 1 aromatic rings. The highest BCUT2D eigenvalue weighted by Gasteiger charge is 2.44. The summed E-state index contributed by atoms with van der Waals surface area (Å²) in [7, 11) is -4.84. The molecule has 1 atom stereocenters. The van der Waals surface area contributed by atoms with E-state index in [1.807, 2.05) is 0 Å². The van der Waals surface area contributed by atoms with Gasteiger partial charge in [0.25, 0.3) is 0 Å². The lowest BCUT2D eigenvalue weighted by Gasteiger charge is -2.33. The standard InChI is InChI=1S/C15H18NO8P/c17-10-3-1-2-9(6-10)4-5-15(20,21)14-12(16-25(22,23)24)7-11(18)8-13(14)19/h1-3,6-8,14,17-18,20-21H,4-5H2,(H3,16,22,23,24). The van der Waals surface area contributed by atoms with Gasteiger partial charge in [-0.3, -0.25) is 9.88 Å². The van der Waals surface area contributed by atoms with Crippen LogP contribution in [-0.4, -0.2) is 41.8 Å². The van der Waals surface area contributed by atoms with Crippen molar-refractivity contribution >= 4 is 13.5 Å². The van der Waals surface area contributed by atoms with Gasteiger partial charge in [0.05, 0.1) is 0 Å². The maximum Gasteiger partial charge on any atom is 0.427 e. The first kappa shape index (κ1) is 19.2. The highest BCUT2D eigenvalue weighted by Crippen LogP contribution is 2.38. The van der Waals surface area contributed by atoms with Gasteiger partial charge in [-0.05, 0) is 24.1 Å². The molecule has 2 rings (SSSR count). The predicted molar refractivity (Wildman–Crippen MR) is 86.1 cm³/mol. The quantitative estimate of drug-likeness (QED) is 0.273. The summed E-state index contributed by atoms with van der Waals surface area (Å²) in [5, 5.41) is 41.2. The molecule has 7 N–H and O–H groups in total. The smallest absolute Gasteiger partial charge is 0.427 e. The Kier molecular flexibility index (Phi) is 5.36. The number of ketones is 1. The number of aliphatic hydroxyl groups is 3. The lowest BCUT2D eigenvalue weighted by atomic mass is 9.84. The van der Waals surface area contributed by atoms with Gasteiger partial charge in [-0.15, -0.1) is 0 Å². The Morgan fingerprint density at radius 3 is 2.44 bits per heavy atom. The van der Waals surface area contributed by atoms with Crippen LogP contribution in [-0.2, 0) is 15.8 Å². The number of nitrogens with one attached hydrogen (secondary N) is 1. The van der Waals surface area contributed by atoms with Crippen molar-refractivity contribution in [1.82, 2.24) is 5.09 Å². The predicted octanol–water partition coefficient (Wildman–Crippen LogP) is 0.213. The van der Waals surface area contributed by atoms with Gasteiger partial charge < -0.3 is 30.2 Å². The Bertz CT molecular complexity index is 779. The number of allylic oxidation sites excluding steroid dienone is 2. The van der Waals surface area contributed by atoms with Gasteiger partial charge in [-0.2, -0.15) is 0 Å². The molecular formula is C15H18NO8P. The summed E-state index contributed by atoms with van der Waals surface area (Å²) in [6.45, 7) is 0. The average molecular weight is 371 g/mol. The molecular weight excluding hydrogens is 353 g/mol. The van der Waals surface area contributed by atoms with Crippen LogP contribution in [0.5, 0.6) is 5.75 Å². The topological polar surface area (TPSA) is 168 Å². The number of aromatic hydroxyl groups is 1. The third-order valence-corrected chi connectivity index (χ3v) is 4.17. The maximum atomic E-state index is 12.1. The molecule has 0 bridgehead atoms. The van der Waals surface area contributed by atoms with Crippen molar-refractivity contribution in [2.75, 3.05) is 0 Å². The van der Waals surface area contributed by atoms with Crippen molar-refractivity contribution in [3.8, 4) is 5.75 Å². The highest BCUT2D eigenvalue weighted by atomic mass is 31.2. The van der Waals surface area contributed by atoms with Crippen molar-refractivity contribution in [3.63, 3.8) is 0 Å². The van der Waals surface area contributed by atoms with E-state index in [9.17, 15) is 29.8 Å². The monoisotopic (exact) mass is 371 g/mol. The molecule has 136 valence electrons. The van der Waals surface area contributed by atoms with Crippen LogP contribution < -0.4 is 5.09 Å². The number of hydrogen-bond acceptors (Lipinski definition) is 6. The molecule has 0 amide bonds. The van der Waals surface area contributed by atoms with E-state index < -0.39 is 36.7 Å². The Morgan fingerprint density at radius 2 is 1.84 bits per heavy atom. The number of aryl methyl sites for hydroxylation is 1. The lowest BCUT2D eigenvalue weighted by Crippen LogP contribution is -2.46. The molecule has 1 unspecified atom stereocenters. The second kappa shape index (κ2) is 6.99. The molecule has 0 heterocycles. The number of benzene rings is 1. The number of phenols is 1. The van der Waals surface area contributed by atoms with Gasteiger partial charge in [0.1, 0.15) is 17.4 Å². The van der Waals surface area contributed by atoms with Gasteiger partial charge >= 0.3 is 7.75 Å². The van der Waals surface area contributed by atoms with Gasteiger partial charge in [0.2, 0.25) is 0 Å². The van der Waals surface area contributed by atoms with Crippen molar-refractivity contribution in [2.45, 2.75) is 18.6 Å². The zero-order valence-corrected chi connectivity index (χ0v) is 13.8. The van der Waals surface area contributed by atoms with Crippen LogP contribution in [0.4, 0.5) is 0 Å². The minimum Gasteiger partial charge on any atom is -0.508 e. The molecule has 25 heavy (non-hydrogen) atoms. The molecule has 10 heteroatoms. The molecule has 0 spiro atoms. The van der Waals surface area contributed by atoms with E-state index >= 15 is 0 Å². The first-order valence-corrected chi connectivity index (χ1v) is 8.82. The summed E-state index contributed by atoms with van der Waals surface area (Å²) in [4.78, 5) is 30.1. The second-order valence-corrected chi connectivity index (χ2v) is 7.02. The summed E-state index contributed by atoms with van der Waals surface area (Å²) < 4.78 is 11.1. The van der Waals surface area contributed by atoms with Crippen LogP contribution in [0.15, 0.2) is 47.9 Å². The molecule has 1 aliphatic carbocycles. The number of aliphatic hydroxyl groups excluding tert-OH is 1. The van der Waals surface area contributed by atoms with Crippen LogP contribution in [0.25, 0.3) is 0 Å². The number of carbonyl (C=O) groups excluding carboxylic acids is 1. The maximum absolute atomic E-state index is 12.1. The number of hydrogen-bond donors (Lipinski definition) is 7. The number of carbonyl (C=O) groups is 1. The minimum absolute atomic E-state index is 0.00988. The zero-order chi connectivity index (χ0) is 18.8. The summed E-state index contributed by atoms with van der Waals surface area (Å²) >= 11 is 0. The third-order valence-electron chi connectivity index (χ3n) is 3.62. The lowest BCUT2D eigenvalue weighted by molar-refractivity contribution is -0.195. The molecule has 0 saturated heterocycles. The minimum atomic E-state index is -4.84. The number of phenolic OH excluding ortho intramolecular Hbond substituents is 1. The Morgan fingerprint density at radius 1 is 1.16 bits per heavy atom. The third kappa shape index (κ3) is 5.15. The van der Waals surface area contributed by atoms with E-state index in [0.717, 1.165) is 12.2 Å². The van der Waals surface area contributed by atoms with Crippen LogP contribution >= 0.6 is 7.75 Å². The van der Waals surface area contributed by atoms with Gasteiger partial charge in [0, 0.05) is 24.3 Å². The molecule has 9 nitrogen and oxygen atoms in total. The van der Waals surface area contributed by atoms with Crippen LogP contribution in [0, 0.1) is 5.92 Å². The van der Waals surface area contributed by atoms with E-state index in [4.69, 9.17) is 9.79 Å². The molecule has 0 aliphatic heterocycles. The fourth-order valence-electron chi connectivity index (χ4n) is 2.59. The summed E-state index contributed by atoms with van der Waals surface area (Å²) in [5.74, 6) is -5.86. The Hall–Kier alpha value is -2.16. The summed E-state index contributed by atoms with van der Waals surface area (Å²) in [6, 6.07) is 6.05. The van der Waals surface area contributed by atoms with Crippen molar-refractivity contribution in [1.29, 1.82) is 0 Å². The first-order valence-electron chi connectivity index (χ1n) is 7.20. The Balaban J connectivity index is 2.23. The molecule has 0 aromatic heterocycles. The van der Waals surface area contributed by atoms with E-state index in [0.29, 0.717) is 5.56 Å². The fraction of sp³-hybridized carbons (Fsp3) is 0.267. The largest absolute Gasteiger partial charge is 0.508 e. The Labute approximate surface area is 142 Å². The average Bonchev–Trinajstić information content (AvgIpc) is 2.42. The summed E-state index contributed by atoms with van der Waals surface area (Å²) in [6.07, 6.45) is 1.30. The van der Waals surface area contributed by atoms with Crippen LogP contribution in [0.2, 0.25) is 0 Å². The van der Waals surface area contributed by atoms with E-state index in [1.165, 1.54) is 12.1 Å². The number of rotatable bonds is 6. The zero-order valence-electron chi connectivity index (χ0n) is 12.9. The van der Waals surface area contributed by atoms with Crippen LogP contribution in [0.3, 0.4) is 0 Å². The molecule has 0 radical (unpaired) electrons.